The Balaban J connectivity index is 3.02. The van der Waals surface area contributed by atoms with E-state index in [9.17, 15) is 9.59 Å². The summed E-state index contributed by atoms with van der Waals surface area (Å²) in [5.41, 5.74) is 0.288. The summed E-state index contributed by atoms with van der Waals surface area (Å²) in [6.45, 7) is 0. The standard InChI is InChI=1S/C9H7Cl2NO3/c1-15-7-4-2-6(3-5-7)12(8(10)13)9(11)14/h2-5H,1H3. The minimum absolute atomic E-state index is 0.288. The van der Waals surface area contributed by atoms with Crippen LogP contribution in [0.5, 0.6) is 5.75 Å². The first-order valence-corrected chi connectivity index (χ1v) is 4.65. The molecule has 4 nitrogen and oxygen atoms in total. The summed E-state index contributed by atoms with van der Waals surface area (Å²) in [6.07, 6.45) is 0. The van der Waals surface area contributed by atoms with Crippen molar-refractivity contribution in [3.8, 4) is 5.75 Å². The van der Waals surface area contributed by atoms with Gasteiger partial charge in [0, 0.05) is 0 Å². The van der Waals surface area contributed by atoms with Crippen molar-refractivity contribution >= 4 is 39.6 Å². The molecular weight excluding hydrogens is 241 g/mol. The Labute approximate surface area is 96.3 Å². The van der Waals surface area contributed by atoms with Crippen molar-refractivity contribution in [3.05, 3.63) is 24.3 Å². The van der Waals surface area contributed by atoms with Gasteiger partial charge in [-0.15, -0.1) is 0 Å². The minimum atomic E-state index is -0.958. The molecule has 0 unspecified atom stereocenters. The second-order valence-corrected chi connectivity index (χ2v) is 3.19. The van der Waals surface area contributed by atoms with Crippen molar-refractivity contribution in [2.24, 2.45) is 0 Å². The molecular formula is C9H7Cl2NO3. The molecule has 0 saturated carbocycles. The number of halogens is 2. The van der Waals surface area contributed by atoms with Crippen molar-refractivity contribution in [2.75, 3.05) is 12.0 Å². The SMILES string of the molecule is COc1ccc(N(C(=O)Cl)C(=O)Cl)cc1. The average molecular weight is 248 g/mol. The van der Waals surface area contributed by atoms with E-state index in [0.717, 1.165) is 0 Å². The fraction of sp³-hybridized carbons (Fsp3) is 0.111. The van der Waals surface area contributed by atoms with E-state index < -0.39 is 10.7 Å². The molecule has 0 radical (unpaired) electrons. The lowest BCUT2D eigenvalue weighted by molar-refractivity contribution is 0.255. The van der Waals surface area contributed by atoms with Crippen LogP contribution in [-0.2, 0) is 0 Å². The highest BCUT2D eigenvalue weighted by Crippen LogP contribution is 2.21. The van der Waals surface area contributed by atoms with Gasteiger partial charge in [-0.1, -0.05) is 0 Å². The molecule has 0 spiro atoms. The molecule has 0 aromatic heterocycles. The van der Waals surface area contributed by atoms with Crippen LogP contribution in [0.25, 0.3) is 0 Å². The fourth-order valence-electron chi connectivity index (χ4n) is 1.00. The van der Waals surface area contributed by atoms with E-state index in [1.165, 1.54) is 19.2 Å². The third-order valence-corrected chi connectivity index (χ3v) is 2.02. The number of carbonyl (C=O) groups excluding carboxylic acids is 2. The molecule has 0 fully saturated rings. The number of anilines is 1. The summed E-state index contributed by atoms with van der Waals surface area (Å²) in [4.78, 5) is 22.4. The minimum Gasteiger partial charge on any atom is -0.497 e. The van der Waals surface area contributed by atoms with Crippen molar-refractivity contribution in [3.63, 3.8) is 0 Å². The number of methoxy groups -OCH3 is 1. The van der Waals surface area contributed by atoms with Crippen LogP contribution in [0.2, 0.25) is 0 Å². The monoisotopic (exact) mass is 247 g/mol. The van der Waals surface area contributed by atoms with Crippen LogP contribution in [0.4, 0.5) is 15.3 Å². The Morgan fingerprint density at radius 1 is 1.13 bits per heavy atom. The molecule has 15 heavy (non-hydrogen) atoms. The summed E-state index contributed by atoms with van der Waals surface area (Å²) < 4.78 is 4.92. The molecule has 1 rings (SSSR count). The number of carbonyl (C=O) groups is 2. The predicted molar refractivity (Wildman–Crippen MR) is 58.0 cm³/mol. The van der Waals surface area contributed by atoms with E-state index in [0.29, 0.717) is 10.6 Å². The summed E-state index contributed by atoms with van der Waals surface area (Å²) >= 11 is 10.4. The van der Waals surface area contributed by atoms with Crippen LogP contribution in [-0.4, -0.2) is 17.8 Å². The van der Waals surface area contributed by atoms with Gasteiger partial charge >= 0.3 is 10.7 Å². The molecule has 0 aliphatic rings. The maximum absolute atomic E-state index is 10.9. The number of benzene rings is 1. The molecule has 1 aromatic carbocycles. The third kappa shape index (κ3) is 2.84. The van der Waals surface area contributed by atoms with Gasteiger partial charge in [0.05, 0.1) is 12.8 Å². The molecule has 2 amide bonds. The number of nitrogens with zero attached hydrogens (tertiary/aromatic N) is 1. The fourth-order valence-corrected chi connectivity index (χ4v) is 1.40. The van der Waals surface area contributed by atoms with Gasteiger partial charge in [0.15, 0.2) is 0 Å². The molecule has 0 atom stereocenters. The maximum Gasteiger partial charge on any atom is 0.328 e. The quantitative estimate of drug-likeness (QED) is 0.596. The normalized spacial score (nSPS) is 9.53. The summed E-state index contributed by atoms with van der Waals surface area (Å²) in [6, 6.07) is 6.17. The average Bonchev–Trinajstić information content (AvgIpc) is 2.18. The maximum atomic E-state index is 10.9. The van der Waals surface area contributed by atoms with Crippen molar-refractivity contribution in [1.29, 1.82) is 0 Å². The first kappa shape index (κ1) is 11.8. The third-order valence-electron chi connectivity index (χ3n) is 1.68. The summed E-state index contributed by atoms with van der Waals surface area (Å²) in [7, 11) is 1.51. The number of hydrogen-bond donors (Lipinski definition) is 0. The molecule has 1 aromatic rings. The van der Waals surface area contributed by atoms with Crippen molar-refractivity contribution in [2.45, 2.75) is 0 Å². The van der Waals surface area contributed by atoms with Gasteiger partial charge in [-0.25, -0.2) is 4.90 Å². The Kier molecular flexibility index (Phi) is 3.94. The topological polar surface area (TPSA) is 46.6 Å². The van der Waals surface area contributed by atoms with Gasteiger partial charge in [0.25, 0.3) is 0 Å². The van der Waals surface area contributed by atoms with Gasteiger partial charge in [0.1, 0.15) is 5.75 Å². The van der Waals surface area contributed by atoms with E-state index >= 15 is 0 Å². The Morgan fingerprint density at radius 3 is 1.93 bits per heavy atom. The molecule has 0 heterocycles. The summed E-state index contributed by atoms with van der Waals surface area (Å²) in [5, 5.41) is -1.92. The van der Waals surface area contributed by atoms with Crippen LogP contribution in [0.1, 0.15) is 0 Å². The molecule has 0 aliphatic heterocycles. The summed E-state index contributed by atoms with van der Waals surface area (Å²) in [5.74, 6) is 0.600. The zero-order valence-electron chi connectivity index (χ0n) is 7.74. The van der Waals surface area contributed by atoms with Crippen LogP contribution in [0.3, 0.4) is 0 Å². The highest BCUT2D eigenvalue weighted by molar-refractivity contribution is 6.76. The predicted octanol–water partition coefficient (Wildman–Crippen LogP) is 3.22. The first-order valence-electron chi connectivity index (χ1n) is 3.89. The first-order chi connectivity index (χ1) is 7.06. The number of hydrogen-bond acceptors (Lipinski definition) is 3. The molecule has 6 heteroatoms. The molecule has 0 bridgehead atoms. The Bertz CT molecular complexity index is 363. The Morgan fingerprint density at radius 2 is 1.60 bits per heavy atom. The number of imide groups is 1. The number of amides is 2. The van der Waals surface area contributed by atoms with Gasteiger partial charge in [0.2, 0.25) is 0 Å². The van der Waals surface area contributed by atoms with E-state index in [4.69, 9.17) is 27.9 Å². The van der Waals surface area contributed by atoms with Gasteiger partial charge in [-0.05, 0) is 47.5 Å². The zero-order chi connectivity index (χ0) is 11.4. The highest BCUT2D eigenvalue weighted by Gasteiger charge is 2.19. The van der Waals surface area contributed by atoms with Crippen LogP contribution >= 0.6 is 23.2 Å². The molecule has 80 valence electrons. The van der Waals surface area contributed by atoms with Gasteiger partial charge in [-0.2, -0.15) is 0 Å². The van der Waals surface area contributed by atoms with E-state index in [-0.39, 0.29) is 5.69 Å². The lowest BCUT2D eigenvalue weighted by atomic mass is 10.3. The second-order valence-electron chi connectivity index (χ2n) is 2.54. The lowest BCUT2D eigenvalue weighted by Crippen LogP contribution is -2.27. The number of rotatable bonds is 2. The van der Waals surface area contributed by atoms with Gasteiger partial charge < -0.3 is 4.74 Å². The van der Waals surface area contributed by atoms with Gasteiger partial charge in [-0.3, -0.25) is 9.59 Å². The van der Waals surface area contributed by atoms with E-state index in [1.807, 2.05) is 0 Å². The zero-order valence-corrected chi connectivity index (χ0v) is 9.25. The molecule has 0 N–H and O–H groups in total. The van der Waals surface area contributed by atoms with Crippen LogP contribution in [0, 0.1) is 0 Å². The molecule has 0 aliphatic carbocycles. The van der Waals surface area contributed by atoms with Crippen LogP contribution in [0.15, 0.2) is 24.3 Å². The lowest BCUT2D eigenvalue weighted by Gasteiger charge is -2.14. The van der Waals surface area contributed by atoms with Crippen LogP contribution < -0.4 is 9.64 Å². The largest absolute Gasteiger partial charge is 0.497 e. The Hall–Kier alpha value is -1.26. The molecule has 0 saturated heterocycles. The highest BCUT2D eigenvalue weighted by atomic mass is 35.5. The van der Waals surface area contributed by atoms with E-state index in [2.05, 4.69) is 0 Å². The van der Waals surface area contributed by atoms with Crippen molar-refractivity contribution in [1.82, 2.24) is 0 Å². The van der Waals surface area contributed by atoms with Crippen molar-refractivity contribution < 1.29 is 14.3 Å². The second kappa shape index (κ2) is 5.00. The number of ether oxygens (including phenoxy) is 1. The smallest absolute Gasteiger partial charge is 0.328 e. The van der Waals surface area contributed by atoms with E-state index in [1.54, 1.807) is 12.1 Å².